The van der Waals surface area contributed by atoms with Gasteiger partial charge in [0.25, 0.3) is 0 Å². The summed E-state index contributed by atoms with van der Waals surface area (Å²) >= 11 is 1.75. The van der Waals surface area contributed by atoms with E-state index in [1.165, 1.54) is 32.4 Å². The van der Waals surface area contributed by atoms with Crippen LogP contribution in [0.25, 0.3) is 5.69 Å². The third-order valence-corrected chi connectivity index (χ3v) is 4.61. The minimum absolute atomic E-state index is 0.895. The van der Waals surface area contributed by atoms with Crippen molar-refractivity contribution in [3.05, 3.63) is 36.2 Å². The van der Waals surface area contributed by atoms with Crippen LogP contribution in [0.4, 0.5) is 0 Å². The Bertz CT molecular complexity index is 561. The first-order valence-electron chi connectivity index (χ1n) is 7.73. The van der Waals surface area contributed by atoms with Gasteiger partial charge in [-0.25, -0.2) is 0 Å². The van der Waals surface area contributed by atoms with E-state index in [9.17, 15) is 0 Å². The highest BCUT2D eigenvalue weighted by atomic mass is 32.2. The minimum atomic E-state index is 0.895. The van der Waals surface area contributed by atoms with Crippen LogP contribution < -0.4 is 0 Å². The Labute approximate surface area is 130 Å². The molecule has 2 heterocycles. The predicted molar refractivity (Wildman–Crippen MR) is 86.9 cm³/mol. The highest BCUT2D eigenvalue weighted by molar-refractivity contribution is 7.99. The van der Waals surface area contributed by atoms with Gasteiger partial charge in [-0.2, -0.15) is 0 Å². The standard InChI is InChI=1S/C16H22N4S/c1-2-21-16-18-17-15(13-19-11-7-4-8-12-19)20(16)14-9-5-3-6-10-14/h3,5-6,9-10H,2,4,7-8,11-13H2,1H3. The Hall–Kier alpha value is -1.33. The van der Waals surface area contributed by atoms with Crippen LogP contribution in [0.5, 0.6) is 0 Å². The molecule has 1 aromatic heterocycles. The molecule has 1 aromatic carbocycles. The minimum Gasteiger partial charge on any atom is -0.296 e. The highest BCUT2D eigenvalue weighted by Gasteiger charge is 2.18. The van der Waals surface area contributed by atoms with E-state index in [1.54, 1.807) is 11.8 Å². The summed E-state index contributed by atoms with van der Waals surface area (Å²) in [6, 6.07) is 10.4. The van der Waals surface area contributed by atoms with E-state index < -0.39 is 0 Å². The van der Waals surface area contributed by atoms with Crippen molar-refractivity contribution in [3.63, 3.8) is 0 Å². The summed E-state index contributed by atoms with van der Waals surface area (Å²) in [5.41, 5.74) is 1.16. The number of rotatable bonds is 5. The molecule has 1 aliphatic heterocycles. The number of hydrogen-bond donors (Lipinski definition) is 0. The first kappa shape index (κ1) is 14.6. The molecule has 0 aliphatic carbocycles. The third-order valence-electron chi connectivity index (χ3n) is 3.80. The van der Waals surface area contributed by atoms with Gasteiger partial charge in [-0.05, 0) is 43.8 Å². The topological polar surface area (TPSA) is 34.0 Å². The summed E-state index contributed by atoms with van der Waals surface area (Å²) in [7, 11) is 0. The lowest BCUT2D eigenvalue weighted by molar-refractivity contribution is 0.214. The van der Waals surface area contributed by atoms with Crippen molar-refractivity contribution in [2.45, 2.75) is 37.9 Å². The van der Waals surface area contributed by atoms with Crippen LogP contribution in [0.1, 0.15) is 32.0 Å². The molecule has 3 rings (SSSR count). The second-order valence-electron chi connectivity index (χ2n) is 5.34. The summed E-state index contributed by atoms with van der Waals surface area (Å²) in [5.74, 6) is 2.06. The second kappa shape index (κ2) is 7.09. The maximum atomic E-state index is 4.46. The lowest BCUT2D eigenvalue weighted by Gasteiger charge is -2.26. The molecule has 0 spiro atoms. The van der Waals surface area contributed by atoms with Crippen molar-refractivity contribution >= 4 is 11.8 Å². The van der Waals surface area contributed by atoms with Gasteiger partial charge in [-0.3, -0.25) is 9.47 Å². The maximum Gasteiger partial charge on any atom is 0.195 e. The van der Waals surface area contributed by atoms with Gasteiger partial charge < -0.3 is 0 Å². The molecule has 0 saturated carbocycles. The maximum absolute atomic E-state index is 4.46. The van der Waals surface area contributed by atoms with E-state index in [1.807, 2.05) is 6.07 Å². The number of likely N-dealkylation sites (tertiary alicyclic amines) is 1. The first-order chi connectivity index (χ1) is 10.4. The van der Waals surface area contributed by atoms with Gasteiger partial charge in [0.15, 0.2) is 11.0 Å². The van der Waals surface area contributed by atoms with Gasteiger partial charge >= 0.3 is 0 Å². The zero-order valence-electron chi connectivity index (χ0n) is 12.5. The Morgan fingerprint density at radius 1 is 1.05 bits per heavy atom. The molecule has 0 N–H and O–H groups in total. The number of para-hydroxylation sites is 1. The van der Waals surface area contributed by atoms with Gasteiger partial charge in [-0.15, -0.1) is 10.2 Å². The van der Waals surface area contributed by atoms with Gasteiger partial charge in [0.1, 0.15) is 0 Å². The summed E-state index contributed by atoms with van der Waals surface area (Å²) in [6.45, 7) is 5.40. The van der Waals surface area contributed by atoms with Crippen molar-refractivity contribution in [3.8, 4) is 5.69 Å². The number of aromatic nitrogens is 3. The molecule has 2 aromatic rings. The van der Waals surface area contributed by atoms with Crippen molar-refractivity contribution in [2.24, 2.45) is 0 Å². The number of thioether (sulfide) groups is 1. The van der Waals surface area contributed by atoms with Gasteiger partial charge in [0, 0.05) is 5.69 Å². The fourth-order valence-corrected chi connectivity index (χ4v) is 3.48. The van der Waals surface area contributed by atoms with E-state index >= 15 is 0 Å². The molecule has 21 heavy (non-hydrogen) atoms. The van der Waals surface area contributed by atoms with Crippen LogP contribution >= 0.6 is 11.8 Å². The van der Waals surface area contributed by atoms with Crippen molar-refractivity contribution in [1.29, 1.82) is 0 Å². The Morgan fingerprint density at radius 3 is 2.52 bits per heavy atom. The normalized spacial score (nSPS) is 16.2. The lowest BCUT2D eigenvalue weighted by Crippen LogP contribution is -2.30. The zero-order chi connectivity index (χ0) is 14.5. The molecular weight excluding hydrogens is 280 g/mol. The van der Waals surface area contributed by atoms with Crippen molar-refractivity contribution in [1.82, 2.24) is 19.7 Å². The van der Waals surface area contributed by atoms with Gasteiger partial charge in [-0.1, -0.05) is 43.3 Å². The van der Waals surface area contributed by atoms with Crippen LogP contribution in [0.2, 0.25) is 0 Å². The van der Waals surface area contributed by atoms with Crippen LogP contribution in [-0.4, -0.2) is 38.5 Å². The Morgan fingerprint density at radius 2 is 1.81 bits per heavy atom. The molecular formula is C16H22N4S. The molecule has 112 valence electrons. The molecule has 0 radical (unpaired) electrons. The van der Waals surface area contributed by atoms with E-state index in [0.29, 0.717) is 0 Å². The molecule has 0 atom stereocenters. The summed E-state index contributed by atoms with van der Waals surface area (Å²) < 4.78 is 2.21. The summed E-state index contributed by atoms with van der Waals surface area (Å²) in [6.07, 6.45) is 3.96. The molecule has 4 nitrogen and oxygen atoms in total. The number of hydrogen-bond acceptors (Lipinski definition) is 4. The molecule has 1 saturated heterocycles. The van der Waals surface area contributed by atoms with Crippen LogP contribution in [-0.2, 0) is 6.54 Å². The molecule has 0 amide bonds. The van der Waals surface area contributed by atoms with E-state index in [2.05, 4.69) is 50.9 Å². The number of nitrogens with zero attached hydrogens (tertiary/aromatic N) is 4. The summed E-state index contributed by atoms with van der Waals surface area (Å²) in [4.78, 5) is 2.49. The van der Waals surface area contributed by atoms with E-state index in [0.717, 1.165) is 29.0 Å². The summed E-state index contributed by atoms with van der Waals surface area (Å²) in [5, 5.41) is 9.85. The van der Waals surface area contributed by atoms with Crippen LogP contribution in [0.3, 0.4) is 0 Å². The van der Waals surface area contributed by atoms with Gasteiger partial charge in [0.05, 0.1) is 6.54 Å². The van der Waals surface area contributed by atoms with E-state index in [-0.39, 0.29) is 0 Å². The third kappa shape index (κ3) is 3.47. The van der Waals surface area contributed by atoms with Gasteiger partial charge in [0.2, 0.25) is 0 Å². The molecule has 1 fully saturated rings. The average Bonchev–Trinajstić information content (AvgIpc) is 2.92. The molecule has 1 aliphatic rings. The number of benzene rings is 1. The van der Waals surface area contributed by atoms with E-state index in [4.69, 9.17) is 0 Å². The van der Waals surface area contributed by atoms with Crippen molar-refractivity contribution in [2.75, 3.05) is 18.8 Å². The SMILES string of the molecule is CCSc1nnc(CN2CCCCC2)n1-c1ccccc1. The second-order valence-corrected chi connectivity index (χ2v) is 6.57. The molecule has 5 heteroatoms. The average molecular weight is 302 g/mol. The Balaban J connectivity index is 1.89. The Kier molecular flexibility index (Phi) is 4.93. The van der Waals surface area contributed by atoms with Crippen LogP contribution in [0, 0.1) is 0 Å². The fraction of sp³-hybridized carbons (Fsp3) is 0.500. The van der Waals surface area contributed by atoms with Crippen LogP contribution in [0.15, 0.2) is 35.5 Å². The quantitative estimate of drug-likeness (QED) is 0.793. The predicted octanol–water partition coefficient (Wildman–Crippen LogP) is 3.37. The smallest absolute Gasteiger partial charge is 0.195 e. The largest absolute Gasteiger partial charge is 0.296 e. The molecule has 0 unspecified atom stereocenters. The lowest BCUT2D eigenvalue weighted by atomic mass is 10.1. The monoisotopic (exact) mass is 302 g/mol. The van der Waals surface area contributed by atoms with Crippen molar-refractivity contribution < 1.29 is 0 Å². The number of piperidine rings is 1. The highest BCUT2D eigenvalue weighted by Crippen LogP contribution is 2.23. The first-order valence-corrected chi connectivity index (χ1v) is 8.72. The zero-order valence-corrected chi connectivity index (χ0v) is 13.4. The molecule has 0 bridgehead atoms. The fourth-order valence-electron chi connectivity index (χ4n) is 2.78.